The number of aryl methyl sites for hydroxylation is 1. The normalized spacial score (nSPS) is 25.8. The van der Waals surface area contributed by atoms with Gasteiger partial charge in [-0.05, 0) is 64.4 Å². The summed E-state index contributed by atoms with van der Waals surface area (Å²) < 4.78 is 5.66. The van der Waals surface area contributed by atoms with Crippen LogP contribution >= 0.6 is 0 Å². The molecule has 0 heterocycles. The van der Waals surface area contributed by atoms with Crippen molar-refractivity contribution in [2.24, 2.45) is 17.8 Å². The molecule has 0 aromatic heterocycles. The summed E-state index contributed by atoms with van der Waals surface area (Å²) in [6, 6.07) is 8.20. The van der Waals surface area contributed by atoms with Gasteiger partial charge in [0.15, 0.2) is 0 Å². The van der Waals surface area contributed by atoms with Crippen molar-refractivity contribution in [1.29, 1.82) is 0 Å². The van der Waals surface area contributed by atoms with E-state index in [9.17, 15) is 15.0 Å². The Kier molecular flexibility index (Phi) is 8.54. The molecule has 0 bridgehead atoms. The summed E-state index contributed by atoms with van der Waals surface area (Å²) in [7, 11) is 1.81. The van der Waals surface area contributed by atoms with Gasteiger partial charge in [-0.1, -0.05) is 53.6 Å². The fourth-order valence-electron chi connectivity index (χ4n) is 5.03. The molecule has 33 heavy (non-hydrogen) atoms. The summed E-state index contributed by atoms with van der Waals surface area (Å²) in [5.41, 5.74) is 3.46. The minimum Gasteiger partial charge on any atom is -0.392 e. The number of amides is 1. The number of likely N-dealkylation sites (N-methyl/N-ethyl adjacent to an activating group) is 1. The molecular weight excluding hydrogens is 414 g/mol. The Morgan fingerprint density at radius 2 is 2.09 bits per heavy atom. The van der Waals surface area contributed by atoms with Crippen LogP contribution < -0.4 is 0 Å². The van der Waals surface area contributed by atoms with Crippen molar-refractivity contribution in [2.75, 3.05) is 20.3 Å². The summed E-state index contributed by atoms with van der Waals surface area (Å²) >= 11 is 0. The van der Waals surface area contributed by atoms with Gasteiger partial charge in [-0.15, -0.1) is 0 Å². The van der Waals surface area contributed by atoms with E-state index in [2.05, 4.69) is 25.1 Å². The molecule has 1 saturated carbocycles. The maximum atomic E-state index is 12.2. The lowest BCUT2D eigenvalue weighted by Gasteiger charge is -2.31. The van der Waals surface area contributed by atoms with Crippen LogP contribution in [0, 0.1) is 24.7 Å². The van der Waals surface area contributed by atoms with Gasteiger partial charge in [0.05, 0.1) is 18.8 Å². The first-order valence-corrected chi connectivity index (χ1v) is 12.2. The molecule has 5 heteroatoms. The zero-order valence-electron chi connectivity index (χ0n) is 20.8. The number of nitrogens with zero attached hydrogens (tertiary/aromatic N) is 1. The van der Waals surface area contributed by atoms with Gasteiger partial charge in [0, 0.05) is 24.9 Å². The lowest BCUT2D eigenvalue weighted by Crippen LogP contribution is -2.44. The lowest BCUT2D eigenvalue weighted by atomic mass is 9.88. The lowest BCUT2D eigenvalue weighted by molar-refractivity contribution is -0.139. The number of carbonyl (C=O) groups excluding carboxylic acids is 1. The van der Waals surface area contributed by atoms with Crippen LogP contribution in [0.25, 0.3) is 0 Å². The van der Waals surface area contributed by atoms with Crippen molar-refractivity contribution in [3.63, 3.8) is 0 Å². The number of ether oxygens (including phenoxy) is 1. The summed E-state index contributed by atoms with van der Waals surface area (Å²) in [5.74, 6) is 0.828. The number of fused-ring (bicyclic) bond motifs is 1. The van der Waals surface area contributed by atoms with Crippen molar-refractivity contribution >= 4 is 5.91 Å². The molecule has 182 valence electrons. The van der Waals surface area contributed by atoms with E-state index in [1.54, 1.807) is 4.90 Å². The summed E-state index contributed by atoms with van der Waals surface area (Å²) in [6.07, 6.45) is 8.40. The van der Waals surface area contributed by atoms with E-state index < -0.39 is 6.10 Å². The van der Waals surface area contributed by atoms with E-state index >= 15 is 0 Å². The van der Waals surface area contributed by atoms with Gasteiger partial charge in [-0.2, -0.15) is 0 Å². The molecule has 2 aliphatic carbocycles. The van der Waals surface area contributed by atoms with E-state index in [1.165, 1.54) is 11.1 Å². The monoisotopic (exact) mass is 455 g/mol. The molecule has 3 rings (SSSR count). The number of rotatable bonds is 9. The molecule has 0 aliphatic heterocycles. The third-order valence-corrected chi connectivity index (χ3v) is 7.21. The molecule has 1 amide bonds. The van der Waals surface area contributed by atoms with Crippen LogP contribution in [0.5, 0.6) is 0 Å². The minimum atomic E-state index is -0.552. The number of allylic oxidation sites excluding steroid dienone is 1. The van der Waals surface area contributed by atoms with Crippen LogP contribution in [-0.2, 0) is 16.0 Å². The number of aliphatic hydroxyl groups is 2. The van der Waals surface area contributed by atoms with E-state index in [0.717, 1.165) is 24.8 Å². The molecule has 0 saturated heterocycles. The zero-order chi connectivity index (χ0) is 24.2. The highest BCUT2D eigenvalue weighted by atomic mass is 16.5. The number of hydrogen-bond acceptors (Lipinski definition) is 4. The third-order valence-electron chi connectivity index (χ3n) is 7.21. The molecule has 1 fully saturated rings. The predicted molar refractivity (Wildman–Crippen MR) is 132 cm³/mol. The topological polar surface area (TPSA) is 70.0 Å². The van der Waals surface area contributed by atoms with E-state index in [4.69, 9.17) is 4.74 Å². The first-order chi connectivity index (χ1) is 15.5. The molecule has 2 N–H and O–H groups in total. The van der Waals surface area contributed by atoms with Gasteiger partial charge in [0.1, 0.15) is 6.61 Å². The van der Waals surface area contributed by atoms with Gasteiger partial charge in [0.2, 0.25) is 5.91 Å². The van der Waals surface area contributed by atoms with E-state index in [1.807, 2.05) is 52.1 Å². The maximum Gasteiger partial charge on any atom is 0.248 e. The highest BCUT2D eigenvalue weighted by molar-refractivity contribution is 5.77. The number of carbonyl (C=O) groups is 1. The second-order valence-electron chi connectivity index (χ2n) is 10.8. The number of benzene rings is 1. The standard InChI is InChI=1S/C28H41NO4/c1-19-7-6-8-20(13-19)15-23(30)9-10-24-25-16-21(14-22(25)17-26(24)31)11-12-33-18-27(32)29(5)28(2,3)4/h6-10,13-14,22-26,30-31H,11-12,15-18H2,1-5H3/b10-9+/t22-,23+,24+,25-,26+/m0/s1. The predicted octanol–water partition coefficient (Wildman–Crippen LogP) is 4.06. The highest BCUT2D eigenvalue weighted by Gasteiger charge is 2.43. The van der Waals surface area contributed by atoms with Crippen molar-refractivity contribution in [3.8, 4) is 0 Å². The van der Waals surface area contributed by atoms with Crippen LogP contribution in [0.15, 0.2) is 48.1 Å². The van der Waals surface area contributed by atoms with Crippen LogP contribution in [0.1, 0.15) is 51.2 Å². The highest BCUT2D eigenvalue weighted by Crippen LogP contribution is 2.47. The molecular formula is C28H41NO4. The molecule has 5 nitrogen and oxygen atoms in total. The van der Waals surface area contributed by atoms with E-state index in [0.29, 0.717) is 24.9 Å². The molecule has 1 aromatic rings. The fraction of sp³-hybridized carbons (Fsp3) is 0.607. The van der Waals surface area contributed by atoms with Crippen molar-refractivity contribution in [1.82, 2.24) is 4.90 Å². The van der Waals surface area contributed by atoms with Crippen molar-refractivity contribution < 1.29 is 19.7 Å². The largest absolute Gasteiger partial charge is 0.392 e. The first-order valence-electron chi connectivity index (χ1n) is 12.2. The van der Waals surface area contributed by atoms with Crippen LogP contribution in [0.2, 0.25) is 0 Å². The third kappa shape index (κ3) is 7.02. The summed E-state index contributed by atoms with van der Waals surface area (Å²) in [5, 5.41) is 21.1. The number of hydrogen-bond donors (Lipinski definition) is 2. The maximum absolute atomic E-state index is 12.2. The Bertz CT molecular complexity index is 869. The Morgan fingerprint density at radius 1 is 1.33 bits per heavy atom. The SMILES string of the molecule is Cc1cccc(C[C@H](O)/C=C/[C@@H]2[C@H]3CC(CCOCC(=O)N(C)C(C)(C)C)=C[C@H]3C[C@H]2O)c1. The van der Waals surface area contributed by atoms with E-state index in [-0.39, 0.29) is 30.1 Å². The minimum absolute atomic E-state index is 0.00249. The first kappa shape index (κ1) is 25.7. The quantitative estimate of drug-likeness (QED) is 0.435. The Morgan fingerprint density at radius 3 is 2.79 bits per heavy atom. The average Bonchev–Trinajstić information content (AvgIpc) is 3.24. The molecule has 5 atom stereocenters. The zero-order valence-corrected chi connectivity index (χ0v) is 20.8. The summed E-state index contributed by atoms with van der Waals surface area (Å²) in [4.78, 5) is 13.9. The number of aliphatic hydroxyl groups excluding tert-OH is 2. The smallest absolute Gasteiger partial charge is 0.248 e. The Hall–Kier alpha value is -1.95. The van der Waals surface area contributed by atoms with Gasteiger partial charge in [0.25, 0.3) is 0 Å². The van der Waals surface area contributed by atoms with Gasteiger partial charge < -0.3 is 19.8 Å². The van der Waals surface area contributed by atoms with Crippen molar-refractivity contribution in [3.05, 3.63) is 59.2 Å². The van der Waals surface area contributed by atoms with Crippen LogP contribution in [-0.4, -0.2) is 59.0 Å². The van der Waals surface area contributed by atoms with Gasteiger partial charge in [-0.3, -0.25) is 4.79 Å². The van der Waals surface area contributed by atoms with Crippen LogP contribution in [0.4, 0.5) is 0 Å². The molecule has 0 spiro atoms. The summed E-state index contributed by atoms with van der Waals surface area (Å²) in [6.45, 7) is 8.72. The second-order valence-corrected chi connectivity index (χ2v) is 10.8. The average molecular weight is 456 g/mol. The van der Waals surface area contributed by atoms with Gasteiger partial charge >= 0.3 is 0 Å². The molecule has 2 aliphatic rings. The Balaban J connectivity index is 1.45. The van der Waals surface area contributed by atoms with Crippen LogP contribution in [0.3, 0.4) is 0 Å². The van der Waals surface area contributed by atoms with Gasteiger partial charge in [-0.25, -0.2) is 0 Å². The Labute approximate surface area is 199 Å². The molecule has 1 aromatic carbocycles. The molecule has 0 radical (unpaired) electrons. The fourth-order valence-corrected chi connectivity index (χ4v) is 5.03. The van der Waals surface area contributed by atoms with Crippen molar-refractivity contribution in [2.45, 2.75) is 71.1 Å². The molecule has 0 unspecified atom stereocenters. The second kappa shape index (κ2) is 11.0.